The Bertz CT molecular complexity index is 613. The van der Waals surface area contributed by atoms with Crippen molar-refractivity contribution in [3.05, 3.63) is 29.8 Å². The minimum Gasteiger partial charge on any atom is -0.396 e. The van der Waals surface area contributed by atoms with E-state index in [2.05, 4.69) is 4.72 Å². The van der Waals surface area contributed by atoms with Gasteiger partial charge in [-0.15, -0.1) is 0 Å². The third kappa shape index (κ3) is 3.17. The summed E-state index contributed by atoms with van der Waals surface area (Å²) in [6.45, 7) is -0.0215. The Balaban J connectivity index is 2.20. The van der Waals surface area contributed by atoms with Gasteiger partial charge in [-0.2, -0.15) is 0 Å². The zero-order valence-electron chi connectivity index (χ0n) is 11.4. The first kappa shape index (κ1) is 15.0. The highest BCUT2D eigenvalue weighted by Crippen LogP contribution is 2.31. The van der Waals surface area contributed by atoms with Crippen molar-refractivity contribution in [1.82, 2.24) is 9.62 Å². The normalized spacial score (nSPS) is 21.6. The molecule has 2 N–H and O–H groups in total. The van der Waals surface area contributed by atoms with Gasteiger partial charge in [0, 0.05) is 32.3 Å². The zero-order valence-corrected chi connectivity index (χ0v) is 12.2. The number of sulfonamides is 1. The predicted molar refractivity (Wildman–Crippen MR) is 73.8 cm³/mol. The lowest BCUT2D eigenvalue weighted by molar-refractivity contribution is 0.0827. The SMILES string of the molecule is CN(C)C(=O)c1cccc(S(=O)(=O)N[C@@H]2C[C@H]2CO)c1. The summed E-state index contributed by atoms with van der Waals surface area (Å²) in [5.41, 5.74) is 0.326. The number of amides is 1. The Labute approximate surface area is 118 Å². The Hall–Kier alpha value is -1.44. The van der Waals surface area contributed by atoms with Crippen molar-refractivity contribution in [3.63, 3.8) is 0 Å². The van der Waals surface area contributed by atoms with Crippen LogP contribution < -0.4 is 4.72 Å². The highest BCUT2D eigenvalue weighted by molar-refractivity contribution is 7.89. The average molecular weight is 298 g/mol. The molecule has 0 aliphatic heterocycles. The van der Waals surface area contributed by atoms with Crippen LogP contribution in [0.15, 0.2) is 29.2 Å². The summed E-state index contributed by atoms with van der Waals surface area (Å²) in [5, 5.41) is 8.94. The number of carbonyl (C=O) groups excluding carboxylic acids is 1. The van der Waals surface area contributed by atoms with Gasteiger partial charge >= 0.3 is 0 Å². The first-order valence-electron chi connectivity index (χ1n) is 6.30. The molecule has 1 aromatic carbocycles. The van der Waals surface area contributed by atoms with Crippen LogP contribution in [0.4, 0.5) is 0 Å². The van der Waals surface area contributed by atoms with Crippen molar-refractivity contribution in [3.8, 4) is 0 Å². The Morgan fingerprint density at radius 1 is 1.45 bits per heavy atom. The van der Waals surface area contributed by atoms with Crippen LogP contribution in [-0.2, 0) is 10.0 Å². The molecule has 0 aromatic heterocycles. The van der Waals surface area contributed by atoms with E-state index < -0.39 is 10.0 Å². The molecule has 0 bridgehead atoms. The lowest BCUT2D eigenvalue weighted by atomic mass is 10.2. The third-order valence-electron chi connectivity index (χ3n) is 3.26. The van der Waals surface area contributed by atoms with Gasteiger partial charge in [0.05, 0.1) is 4.90 Å². The van der Waals surface area contributed by atoms with E-state index in [1.807, 2.05) is 0 Å². The maximum absolute atomic E-state index is 12.2. The first-order valence-corrected chi connectivity index (χ1v) is 7.78. The van der Waals surface area contributed by atoms with Gasteiger partial charge in [0.1, 0.15) is 0 Å². The molecular weight excluding hydrogens is 280 g/mol. The molecule has 0 radical (unpaired) electrons. The van der Waals surface area contributed by atoms with Crippen LogP contribution in [0.3, 0.4) is 0 Å². The second-order valence-electron chi connectivity index (χ2n) is 5.13. The van der Waals surface area contributed by atoms with E-state index in [1.165, 1.54) is 17.0 Å². The van der Waals surface area contributed by atoms with Crippen molar-refractivity contribution >= 4 is 15.9 Å². The molecule has 1 amide bonds. The van der Waals surface area contributed by atoms with E-state index in [1.54, 1.807) is 26.2 Å². The second-order valence-corrected chi connectivity index (χ2v) is 6.85. The Morgan fingerprint density at radius 2 is 2.15 bits per heavy atom. The van der Waals surface area contributed by atoms with Gasteiger partial charge in [-0.25, -0.2) is 13.1 Å². The molecule has 6 nitrogen and oxygen atoms in total. The molecule has 110 valence electrons. The van der Waals surface area contributed by atoms with Crippen molar-refractivity contribution in [2.24, 2.45) is 5.92 Å². The fourth-order valence-corrected chi connectivity index (χ4v) is 3.28. The molecule has 20 heavy (non-hydrogen) atoms. The number of nitrogens with one attached hydrogen (secondary N) is 1. The summed E-state index contributed by atoms with van der Waals surface area (Å²) < 4.78 is 26.9. The van der Waals surface area contributed by atoms with E-state index in [4.69, 9.17) is 5.11 Å². The molecule has 0 heterocycles. The lowest BCUT2D eigenvalue weighted by Crippen LogP contribution is -2.28. The minimum absolute atomic E-state index is 0.00337. The molecule has 1 aliphatic rings. The van der Waals surface area contributed by atoms with Crippen molar-refractivity contribution in [2.75, 3.05) is 20.7 Å². The lowest BCUT2D eigenvalue weighted by Gasteiger charge is -2.11. The smallest absolute Gasteiger partial charge is 0.253 e. The molecular formula is C13H18N2O4S. The Morgan fingerprint density at radius 3 is 2.70 bits per heavy atom. The molecule has 2 rings (SSSR count). The van der Waals surface area contributed by atoms with Gasteiger partial charge < -0.3 is 10.0 Å². The van der Waals surface area contributed by atoms with E-state index in [0.717, 1.165) is 0 Å². The van der Waals surface area contributed by atoms with Gasteiger partial charge in [-0.3, -0.25) is 4.79 Å². The fourth-order valence-electron chi connectivity index (χ4n) is 1.92. The summed E-state index contributed by atoms with van der Waals surface area (Å²) in [6, 6.07) is 5.72. The maximum Gasteiger partial charge on any atom is 0.253 e. The number of hydrogen-bond donors (Lipinski definition) is 2. The summed E-state index contributed by atoms with van der Waals surface area (Å²) in [4.78, 5) is 13.3. The quantitative estimate of drug-likeness (QED) is 0.804. The number of aliphatic hydroxyl groups is 1. The highest BCUT2D eigenvalue weighted by atomic mass is 32.2. The fraction of sp³-hybridized carbons (Fsp3) is 0.462. The topological polar surface area (TPSA) is 86.7 Å². The van der Waals surface area contributed by atoms with Crippen LogP contribution in [0.2, 0.25) is 0 Å². The molecule has 0 spiro atoms. The van der Waals surface area contributed by atoms with Gasteiger partial charge in [-0.05, 0) is 30.5 Å². The largest absolute Gasteiger partial charge is 0.396 e. The number of benzene rings is 1. The number of carbonyl (C=O) groups is 1. The van der Waals surface area contributed by atoms with Gasteiger partial charge in [0.25, 0.3) is 5.91 Å². The van der Waals surface area contributed by atoms with Crippen LogP contribution in [0.25, 0.3) is 0 Å². The Kier molecular flexibility index (Phi) is 4.12. The molecule has 0 unspecified atom stereocenters. The van der Waals surface area contributed by atoms with Crippen LogP contribution in [0.5, 0.6) is 0 Å². The van der Waals surface area contributed by atoms with Crippen LogP contribution >= 0.6 is 0 Å². The van der Waals surface area contributed by atoms with Crippen LogP contribution in [0.1, 0.15) is 16.8 Å². The molecule has 7 heteroatoms. The summed E-state index contributed by atoms with van der Waals surface area (Å²) in [5.74, 6) is -0.252. The average Bonchev–Trinajstić information content (AvgIpc) is 3.15. The molecule has 2 atom stereocenters. The predicted octanol–water partition coefficient (Wildman–Crippen LogP) is 0.0475. The van der Waals surface area contributed by atoms with Crippen molar-refractivity contribution < 1.29 is 18.3 Å². The van der Waals surface area contributed by atoms with E-state index in [-0.39, 0.29) is 29.4 Å². The number of nitrogens with zero attached hydrogens (tertiary/aromatic N) is 1. The van der Waals surface area contributed by atoms with Gasteiger partial charge in [-0.1, -0.05) is 6.07 Å². The van der Waals surface area contributed by atoms with Crippen molar-refractivity contribution in [2.45, 2.75) is 17.4 Å². The summed E-state index contributed by atoms with van der Waals surface area (Å²) in [7, 11) is -0.436. The summed E-state index contributed by atoms with van der Waals surface area (Å²) >= 11 is 0. The molecule has 1 aliphatic carbocycles. The molecule has 1 aromatic rings. The van der Waals surface area contributed by atoms with E-state index in [0.29, 0.717) is 12.0 Å². The van der Waals surface area contributed by atoms with Crippen LogP contribution in [-0.4, -0.2) is 51.1 Å². The minimum atomic E-state index is -3.65. The number of aliphatic hydroxyl groups excluding tert-OH is 1. The molecule has 0 saturated heterocycles. The van der Waals surface area contributed by atoms with Gasteiger partial charge in [0.15, 0.2) is 0 Å². The maximum atomic E-state index is 12.2. The summed E-state index contributed by atoms with van der Waals surface area (Å²) in [6.07, 6.45) is 0.645. The standard InChI is InChI=1S/C13H18N2O4S/c1-15(2)13(17)9-4-3-5-11(6-9)20(18,19)14-12-7-10(12)8-16/h3-6,10,12,14,16H,7-8H2,1-2H3/t10-,12+/m0/s1. The number of hydrogen-bond acceptors (Lipinski definition) is 4. The number of rotatable bonds is 5. The van der Waals surface area contributed by atoms with Crippen LogP contribution in [0, 0.1) is 5.92 Å². The second kappa shape index (κ2) is 5.51. The zero-order chi connectivity index (χ0) is 14.9. The van der Waals surface area contributed by atoms with E-state index >= 15 is 0 Å². The first-order chi connectivity index (χ1) is 9.35. The van der Waals surface area contributed by atoms with E-state index in [9.17, 15) is 13.2 Å². The van der Waals surface area contributed by atoms with Crippen molar-refractivity contribution in [1.29, 1.82) is 0 Å². The molecule has 1 fully saturated rings. The molecule has 1 saturated carbocycles. The van der Waals surface area contributed by atoms with Gasteiger partial charge in [0.2, 0.25) is 10.0 Å². The monoisotopic (exact) mass is 298 g/mol. The highest BCUT2D eigenvalue weighted by Gasteiger charge is 2.39. The third-order valence-corrected chi connectivity index (χ3v) is 4.75.